The predicted octanol–water partition coefficient (Wildman–Crippen LogP) is 3.28. The number of rotatable bonds is 8. The smallest absolute Gasteiger partial charge is 0.00684 e. The minimum Gasteiger partial charge on any atom is -0.313 e. The molecule has 0 aromatic rings. The molecular weight excluding hydrogens is 220 g/mol. The molecule has 0 spiro atoms. The van der Waals surface area contributed by atoms with E-state index in [4.69, 9.17) is 0 Å². The topological polar surface area (TPSA) is 15.3 Å². The van der Waals surface area contributed by atoms with Crippen LogP contribution in [-0.2, 0) is 0 Å². The highest BCUT2D eigenvalue weighted by Gasteiger charge is 2.29. The van der Waals surface area contributed by atoms with Gasteiger partial charge in [-0.1, -0.05) is 26.7 Å². The summed E-state index contributed by atoms with van der Waals surface area (Å²) in [4.78, 5) is 2.59. The molecule has 0 aromatic carbocycles. The largest absolute Gasteiger partial charge is 0.313 e. The average molecular weight is 252 g/mol. The second-order valence-corrected chi connectivity index (χ2v) is 7.17. The Bertz CT molecular complexity index is 243. The van der Waals surface area contributed by atoms with Crippen LogP contribution in [0.5, 0.6) is 0 Å². The van der Waals surface area contributed by atoms with Crippen molar-refractivity contribution in [1.29, 1.82) is 0 Å². The molecule has 0 heterocycles. The van der Waals surface area contributed by atoms with Crippen molar-refractivity contribution < 1.29 is 0 Å². The average Bonchev–Trinajstić information content (AvgIpc) is 3.04. The van der Waals surface area contributed by atoms with Crippen LogP contribution in [0.2, 0.25) is 0 Å². The second-order valence-electron chi connectivity index (χ2n) is 7.17. The van der Waals surface area contributed by atoms with Gasteiger partial charge in [0.25, 0.3) is 0 Å². The lowest BCUT2D eigenvalue weighted by Crippen LogP contribution is -2.42. The third kappa shape index (κ3) is 4.55. The van der Waals surface area contributed by atoms with Gasteiger partial charge in [0, 0.05) is 25.7 Å². The summed E-state index contributed by atoms with van der Waals surface area (Å²) in [5, 5.41) is 3.72. The molecule has 2 aliphatic carbocycles. The summed E-state index contributed by atoms with van der Waals surface area (Å²) >= 11 is 0. The van der Waals surface area contributed by atoms with E-state index in [1.807, 2.05) is 0 Å². The fourth-order valence-corrected chi connectivity index (χ4v) is 3.32. The highest BCUT2D eigenvalue weighted by molar-refractivity contribution is 4.86. The Morgan fingerprint density at radius 2 is 1.83 bits per heavy atom. The van der Waals surface area contributed by atoms with Gasteiger partial charge in [-0.3, -0.25) is 0 Å². The van der Waals surface area contributed by atoms with Gasteiger partial charge in [0.2, 0.25) is 0 Å². The molecule has 0 amide bonds. The number of nitrogens with one attached hydrogen (secondary N) is 1. The minimum absolute atomic E-state index is 0.454. The molecule has 2 saturated carbocycles. The lowest BCUT2D eigenvalue weighted by molar-refractivity contribution is 0.162. The normalized spacial score (nSPS) is 24.7. The van der Waals surface area contributed by atoms with Crippen molar-refractivity contribution >= 4 is 0 Å². The van der Waals surface area contributed by atoms with Gasteiger partial charge in [-0.05, 0) is 50.5 Å². The maximum atomic E-state index is 3.72. The molecule has 0 bridgehead atoms. The lowest BCUT2D eigenvalue weighted by Gasteiger charge is -2.34. The van der Waals surface area contributed by atoms with E-state index in [0.29, 0.717) is 5.41 Å². The van der Waals surface area contributed by atoms with Gasteiger partial charge < -0.3 is 10.2 Å². The molecule has 0 aromatic heterocycles. The Labute approximate surface area is 114 Å². The molecule has 2 heteroatoms. The SMILES string of the molecule is CCC(C)(CNC1CC1)CN(C)CC1CCCC1. The standard InChI is InChI=1S/C16H32N2/c1-4-16(2,12-17-15-9-10-15)13-18(3)11-14-7-5-6-8-14/h14-15,17H,4-13H2,1-3H3. The number of hydrogen-bond acceptors (Lipinski definition) is 2. The highest BCUT2D eigenvalue weighted by atomic mass is 15.1. The molecule has 1 unspecified atom stereocenters. The zero-order valence-corrected chi connectivity index (χ0v) is 12.7. The zero-order chi connectivity index (χ0) is 13.0. The second kappa shape index (κ2) is 6.38. The van der Waals surface area contributed by atoms with Crippen molar-refractivity contribution in [3.63, 3.8) is 0 Å². The van der Waals surface area contributed by atoms with E-state index in [-0.39, 0.29) is 0 Å². The maximum absolute atomic E-state index is 3.72. The molecule has 18 heavy (non-hydrogen) atoms. The van der Waals surface area contributed by atoms with Crippen LogP contribution in [0.4, 0.5) is 0 Å². The van der Waals surface area contributed by atoms with E-state index in [0.717, 1.165) is 12.0 Å². The quantitative estimate of drug-likeness (QED) is 0.713. The lowest BCUT2D eigenvalue weighted by atomic mass is 9.86. The van der Waals surface area contributed by atoms with E-state index in [1.54, 1.807) is 0 Å². The van der Waals surface area contributed by atoms with Crippen molar-refractivity contribution in [2.75, 3.05) is 26.7 Å². The van der Waals surface area contributed by atoms with Crippen LogP contribution in [-0.4, -0.2) is 37.6 Å². The first-order chi connectivity index (χ1) is 8.61. The van der Waals surface area contributed by atoms with Crippen molar-refractivity contribution in [2.24, 2.45) is 11.3 Å². The molecule has 2 fully saturated rings. The Morgan fingerprint density at radius 3 is 2.39 bits per heavy atom. The monoisotopic (exact) mass is 252 g/mol. The first-order valence-electron chi connectivity index (χ1n) is 8.03. The fourth-order valence-electron chi connectivity index (χ4n) is 3.32. The Morgan fingerprint density at radius 1 is 1.17 bits per heavy atom. The molecule has 1 N–H and O–H groups in total. The van der Waals surface area contributed by atoms with Gasteiger partial charge in [0.05, 0.1) is 0 Å². The van der Waals surface area contributed by atoms with Gasteiger partial charge in [0.15, 0.2) is 0 Å². The molecule has 106 valence electrons. The van der Waals surface area contributed by atoms with Gasteiger partial charge in [-0.25, -0.2) is 0 Å². The van der Waals surface area contributed by atoms with Gasteiger partial charge >= 0.3 is 0 Å². The summed E-state index contributed by atoms with van der Waals surface area (Å²) < 4.78 is 0. The molecule has 2 aliphatic rings. The van der Waals surface area contributed by atoms with E-state index in [9.17, 15) is 0 Å². The molecule has 0 aliphatic heterocycles. The maximum Gasteiger partial charge on any atom is 0.00684 e. The predicted molar refractivity (Wildman–Crippen MR) is 78.9 cm³/mol. The molecule has 2 nitrogen and oxygen atoms in total. The third-order valence-electron chi connectivity index (χ3n) is 4.94. The zero-order valence-electron chi connectivity index (χ0n) is 12.7. The van der Waals surface area contributed by atoms with Crippen molar-refractivity contribution in [2.45, 2.75) is 64.8 Å². The number of hydrogen-bond donors (Lipinski definition) is 1. The summed E-state index contributed by atoms with van der Waals surface area (Å²) in [6.45, 7) is 8.56. The Hall–Kier alpha value is -0.0800. The first kappa shape index (κ1) is 14.3. The summed E-state index contributed by atoms with van der Waals surface area (Å²) in [5.74, 6) is 0.979. The van der Waals surface area contributed by atoms with E-state index in [2.05, 4.69) is 31.1 Å². The molecule has 1 atom stereocenters. The van der Waals surface area contributed by atoms with Crippen LogP contribution in [0.25, 0.3) is 0 Å². The Kier molecular flexibility index (Phi) is 5.08. The van der Waals surface area contributed by atoms with Crippen molar-refractivity contribution in [3.8, 4) is 0 Å². The first-order valence-corrected chi connectivity index (χ1v) is 8.03. The molecule has 0 saturated heterocycles. The van der Waals surface area contributed by atoms with E-state index in [1.165, 1.54) is 64.6 Å². The van der Waals surface area contributed by atoms with Crippen LogP contribution < -0.4 is 5.32 Å². The fraction of sp³-hybridized carbons (Fsp3) is 1.00. The van der Waals surface area contributed by atoms with Gasteiger partial charge in [-0.2, -0.15) is 0 Å². The van der Waals surface area contributed by atoms with Crippen LogP contribution >= 0.6 is 0 Å². The summed E-state index contributed by atoms with van der Waals surface area (Å²) in [6, 6.07) is 0.844. The van der Waals surface area contributed by atoms with Crippen LogP contribution in [0.15, 0.2) is 0 Å². The van der Waals surface area contributed by atoms with E-state index < -0.39 is 0 Å². The third-order valence-corrected chi connectivity index (χ3v) is 4.94. The number of nitrogens with zero attached hydrogens (tertiary/aromatic N) is 1. The molecule has 2 rings (SSSR count). The Balaban J connectivity index is 1.71. The molecule has 0 radical (unpaired) electrons. The summed E-state index contributed by atoms with van der Waals surface area (Å²) in [7, 11) is 2.32. The molecular formula is C16H32N2. The van der Waals surface area contributed by atoms with Crippen LogP contribution in [0.1, 0.15) is 58.8 Å². The summed E-state index contributed by atoms with van der Waals surface area (Å²) in [6.07, 6.45) is 9.94. The van der Waals surface area contributed by atoms with Crippen LogP contribution in [0, 0.1) is 11.3 Å². The van der Waals surface area contributed by atoms with Gasteiger partial charge in [-0.15, -0.1) is 0 Å². The van der Waals surface area contributed by atoms with Crippen molar-refractivity contribution in [3.05, 3.63) is 0 Å². The summed E-state index contributed by atoms with van der Waals surface area (Å²) in [5.41, 5.74) is 0.454. The highest BCUT2D eigenvalue weighted by Crippen LogP contribution is 2.28. The van der Waals surface area contributed by atoms with Gasteiger partial charge in [0.1, 0.15) is 0 Å². The minimum atomic E-state index is 0.454. The van der Waals surface area contributed by atoms with Crippen molar-refractivity contribution in [1.82, 2.24) is 10.2 Å². The van der Waals surface area contributed by atoms with Crippen LogP contribution in [0.3, 0.4) is 0 Å². The van der Waals surface area contributed by atoms with E-state index >= 15 is 0 Å².